The lowest BCUT2D eigenvalue weighted by Gasteiger charge is -2.22. The van der Waals surface area contributed by atoms with Crippen molar-refractivity contribution in [3.8, 4) is 5.75 Å². The minimum Gasteiger partial charge on any atom is -0.507 e. The van der Waals surface area contributed by atoms with Gasteiger partial charge in [0.1, 0.15) is 11.5 Å². The predicted octanol–water partition coefficient (Wildman–Crippen LogP) is 5.37. The third-order valence-corrected chi connectivity index (χ3v) is 6.66. The van der Waals surface area contributed by atoms with Gasteiger partial charge in [-0.25, -0.2) is 4.98 Å². The van der Waals surface area contributed by atoms with Gasteiger partial charge in [-0.3, -0.25) is 19.5 Å². The number of Topliss-reactive ketones (excluding diaryl/α,β-unsaturated/α-hetero) is 1. The highest BCUT2D eigenvalue weighted by Gasteiger charge is 2.48. The Morgan fingerprint density at radius 3 is 2.79 bits per heavy atom. The fraction of sp³-hybridized carbons (Fsp3) is 0.120. The zero-order valence-electron chi connectivity index (χ0n) is 17.9. The highest BCUT2D eigenvalue weighted by atomic mass is 35.5. The third kappa shape index (κ3) is 3.81. The zero-order chi connectivity index (χ0) is 23.8. The molecule has 0 aliphatic carbocycles. The van der Waals surface area contributed by atoms with Crippen molar-refractivity contribution in [3.63, 3.8) is 0 Å². The summed E-state index contributed by atoms with van der Waals surface area (Å²) < 4.78 is 6.30. The summed E-state index contributed by atoms with van der Waals surface area (Å²) in [5.74, 6) is -1.32. The molecule has 0 radical (unpaired) electrons. The largest absolute Gasteiger partial charge is 0.507 e. The Balaban J connectivity index is 1.70. The number of pyridine rings is 1. The van der Waals surface area contributed by atoms with Crippen LogP contribution in [-0.2, 0) is 9.59 Å². The predicted molar refractivity (Wildman–Crippen MR) is 131 cm³/mol. The fourth-order valence-electron chi connectivity index (χ4n) is 3.93. The summed E-state index contributed by atoms with van der Waals surface area (Å²) in [4.78, 5) is 36.6. The van der Waals surface area contributed by atoms with Crippen molar-refractivity contribution >= 4 is 55.7 Å². The van der Waals surface area contributed by atoms with E-state index in [4.69, 9.17) is 16.3 Å². The maximum absolute atomic E-state index is 13.3. The fourth-order valence-corrected chi connectivity index (χ4v) is 5.20. The minimum atomic E-state index is -0.902. The normalized spacial score (nSPS) is 17.5. The number of amides is 1. The van der Waals surface area contributed by atoms with E-state index in [2.05, 4.69) is 9.97 Å². The summed E-state index contributed by atoms with van der Waals surface area (Å²) in [6.45, 7) is 2.30. The smallest absolute Gasteiger partial charge is 0.301 e. The summed E-state index contributed by atoms with van der Waals surface area (Å²) in [6, 6.07) is 14.5. The monoisotopic (exact) mass is 491 g/mol. The number of anilines is 1. The molecule has 1 N–H and O–H groups in total. The molecule has 1 amide bonds. The molecule has 3 heterocycles. The molecule has 4 aromatic rings. The Morgan fingerprint density at radius 2 is 2.03 bits per heavy atom. The van der Waals surface area contributed by atoms with Crippen LogP contribution in [0.5, 0.6) is 5.75 Å². The van der Waals surface area contributed by atoms with Crippen molar-refractivity contribution in [2.75, 3.05) is 11.5 Å². The van der Waals surface area contributed by atoms with Crippen molar-refractivity contribution in [2.24, 2.45) is 0 Å². The summed E-state index contributed by atoms with van der Waals surface area (Å²) >= 11 is 7.36. The Labute approximate surface area is 203 Å². The number of thiazole rings is 1. The Bertz CT molecular complexity index is 1450. The van der Waals surface area contributed by atoms with Crippen LogP contribution in [0.1, 0.15) is 24.1 Å². The number of ketones is 1. The molecule has 5 rings (SSSR count). The summed E-state index contributed by atoms with van der Waals surface area (Å²) in [6.07, 6.45) is 3.17. The number of hydrogen-bond donors (Lipinski definition) is 1. The molecule has 1 unspecified atom stereocenters. The molecule has 1 saturated heterocycles. The van der Waals surface area contributed by atoms with E-state index in [1.54, 1.807) is 67.0 Å². The number of hydrogen-bond acceptors (Lipinski definition) is 7. The number of ether oxygens (including phenoxy) is 1. The first kappa shape index (κ1) is 22.1. The molecule has 1 atom stereocenters. The first-order valence-electron chi connectivity index (χ1n) is 10.5. The van der Waals surface area contributed by atoms with E-state index in [1.165, 1.54) is 16.2 Å². The van der Waals surface area contributed by atoms with Gasteiger partial charge < -0.3 is 9.84 Å². The van der Waals surface area contributed by atoms with E-state index >= 15 is 0 Å². The Kier molecular flexibility index (Phi) is 5.77. The van der Waals surface area contributed by atoms with Crippen LogP contribution in [0, 0.1) is 0 Å². The van der Waals surface area contributed by atoms with E-state index in [0.29, 0.717) is 39.2 Å². The molecule has 0 spiro atoms. The molecule has 34 heavy (non-hydrogen) atoms. The van der Waals surface area contributed by atoms with Gasteiger partial charge >= 0.3 is 5.91 Å². The van der Waals surface area contributed by atoms with Crippen LogP contribution in [0.3, 0.4) is 0 Å². The van der Waals surface area contributed by atoms with E-state index < -0.39 is 17.7 Å². The van der Waals surface area contributed by atoms with Crippen LogP contribution in [-0.4, -0.2) is 33.4 Å². The SMILES string of the molecule is CCOc1cccc(/C(O)=C2\C(=O)C(=O)N(c3nc4ccc(Cl)cc4s3)C2c2cccnc2)c1. The second-order valence-corrected chi connectivity index (χ2v) is 8.97. The van der Waals surface area contributed by atoms with Crippen LogP contribution in [0.25, 0.3) is 16.0 Å². The highest BCUT2D eigenvalue weighted by molar-refractivity contribution is 7.22. The molecule has 0 bridgehead atoms. The molecule has 2 aromatic heterocycles. The molecule has 170 valence electrons. The summed E-state index contributed by atoms with van der Waals surface area (Å²) in [7, 11) is 0. The van der Waals surface area contributed by atoms with Crippen molar-refractivity contribution in [1.82, 2.24) is 9.97 Å². The van der Waals surface area contributed by atoms with Gasteiger partial charge in [0.05, 0.1) is 28.4 Å². The number of halogens is 1. The average molecular weight is 492 g/mol. The lowest BCUT2D eigenvalue weighted by atomic mass is 9.96. The van der Waals surface area contributed by atoms with Gasteiger partial charge in [0.2, 0.25) is 0 Å². The molecule has 1 aliphatic heterocycles. The van der Waals surface area contributed by atoms with Crippen molar-refractivity contribution in [1.29, 1.82) is 0 Å². The number of rotatable bonds is 5. The van der Waals surface area contributed by atoms with Gasteiger partial charge in [0.25, 0.3) is 5.78 Å². The van der Waals surface area contributed by atoms with Gasteiger partial charge in [0.15, 0.2) is 5.13 Å². The van der Waals surface area contributed by atoms with Gasteiger partial charge in [0, 0.05) is 23.0 Å². The van der Waals surface area contributed by atoms with E-state index in [9.17, 15) is 14.7 Å². The van der Waals surface area contributed by atoms with Gasteiger partial charge in [-0.2, -0.15) is 0 Å². The lowest BCUT2D eigenvalue weighted by molar-refractivity contribution is -0.132. The van der Waals surface area contributed by atoms with Crippen LogP contribution in [0.2, 0.25) is 5.02 Å². The molecule has 7 nitrogen and oxygen atoms in total. The van der Waals surface area contributed by atoms with Crippen LogP contribution in [0.15, 0.2) is 72.6 Å². The first-order chi connectivity index (χ1) is 16.5. The topological polar surface area (TPSA) is 92.6 Å². The number of benzene rings is 2. The zero-order valence-corrected chi connectivity index (χ0v) is 19.5. The second-order valence-electron chi connectivity index (χ2n) is 7.52. The number of aliphatic hydroxyl groups is 1. The van der Waals surface area contributed by atoms with E-state index in [-0.39, 0.29) is 11.3 Å². The average Bonchev–Trinajstić information content (AvgIpc) is 3.37. The Morgan fingerprint density at radius 1 is 1.18 bits per heavy atom. The molecule has 1 fully saturated rings. The van der Waals surface area contributed by atoms with Crippen molar-refractivity contribution in [2.45, 2.75) is 13.0 Å². The number of nitrogens with zero attached hydrogens (tertiary/aromatic N) is 3. The second kappa shape index (κ2) is 8.89. The van der Waals surface area contributed by atoms with Crippen LogP contribution >= 0.6 is 22.9 Å². The maximum atomic E-state index is 13.3. The molecule has 1 aliphatic rings. The molecular weight excluding hydrogens is 474 g/mol. The van der Waals surface area contributed by atoms with Crippen molar-refractivity contribution in [3.05, 3.63) is 88.7 Å². The quantitative estimate of drug-likeness (QED) is 0.229. The number of carbonyl (C=O) groups is 2. The first-order valence-corrected chi connectivity index (χ1v) is 11.7. The van der Waals surface area contributed by atoms with Gasteiger partial charge in [-0.05, 0) is 48.9 Å². The summed E-state index contributed by atoms with van der Waals surface area (Å²) in [5, 5.41) is 12.1. The molecule has 9 heteroatoms. The number of fused-ring (bicyclic) bond motifs is 1. The highest BCUT2D eigenvalue weighted by Crippen LogP contribution is 2.44. The summed E-state index contributed by atoms with van der Waals surface area (Å²) in [5.41, 5.74) is 1.56. The molecule has 2 aromatic carbocycles. The van der Waals surface area contributed by atoms with E-state index in [0.717, 1.165) is 4.70 Å². The van der Waals surface area contributed by atoms with Gasteiger partial charge in [-0.15, -0.1) is 0 Å². The lowest BCUT2D eigenvalue weighted by Crippen LogP contribution is -2.29. The standard InChI is InChI=1S/C25H18ClN3O4S/c1-2-33-17-7-3-5-14(11-17)22(30)20-21(15-6-4-10-27-13-15)29(24(32)23(20)31)25-28-18-9-8-16(26)12-19(18)34-25/h3-13,21,30H,2H2,1H3/b22-20+. The maximum Gasteiger partial charge on any atom is 0.301 e. The van der Waals surface area contributed by atoms with Crippen LogP contribution in [0.4, 0.5) is 5.13 Å². The molecular formula is C25H18ClN3O4S. The van der Waals surface area contributed by atoms with Gasteiger partial charge in [-0.1, -0.05) is 41.1 Å². The van der Waals surface area contributed by atoms with Crippen LogP contribution < -0.4 is 9.64 Å². The number of aliphatic hydroxyl groups excluding tert-OH is 1. The number of carbonyl (C=O) groups excluding carboxylic acids is 2. The third-order valence-electron chi connectivity index (χ3n) is 5.41. The van der Waals surface area contributed by atoms with Crippen molar-refractivity contribution < 1.29 is 19.4 Å². The van der Waals surface area contributed by atoms with E-state index in [1.807, 2.05) is 6.92 Å². The Hall–Kier alpha value is -3.75. The number of aromatic nitrogens is 2. The minimum absolute atomic E-state index is 0.0380. The molecule has 0 saturated carbocycles.